The average molecular weight is 1560 g/mol. The van der Waals surface area contributed by atoms with Gasteiger partial charge < -0.3 is 127 Å². The van der Waals surface area contributed by atoms with E-state index in [4.69, 9.17) is 43.9 Å². The smallest absolute Gasteiger partial charge is 0.329 e. The number of esters is 1. The number of aliphatic hydroxyl groups is 5. The molecular weight excluding hydrogens is 1430 g/mol. The summed E-state index contributed by atoms with van der Waals surface area (Å²) in [5.74, 6) is -25.4. The highest BCUT2D eigenvalue weighted by Gasteiger charge is 2.47. The zero-order valence-electron chi connectivity index (χ0n) is 65.6. The molecule has 1 fully saturated rings. The third-order valence-electron chi connectivity index (χ3n) is 19.3. The standard InChI is InChI=1S/C69H123N17O23/c1-18-31(6)26-32(7)50(90)35(10)57(95)79-41(28-71)59(97)84-54(69(13,14)107)51(91)52(92)65(103)80-46(33(8)34(9)55(74)93)61(99)82-48-37(12)109-68(106)43(25-30(4)5)86(16)67(105)40(27-45(73)89)78-64(102)49(53(108-17)56(75)94)83-60(98)42(21-22-44(72)88)85(15)66(104)39(24-29(2)3)77-58(96)38(20-19-23-70)76-62(100)47(36(11)87)81-63(48)101/h29-43,46-54,87,90-92,107H,18-28,70-71H2,1-17H3,(H2,72,88)(H2,73,89)(H2,74,93)(H2,75,94)(H,76,100)(H,77,96)(H,78,102)(H,79,95)(H,80,103)(H,81,101)(H,82,99)(H,83,98)(H,84,97)/t31?,32?,33?,34?,35?,36-,37-,38-,39+,40-,41-,42+,43+,46+,47-,48-,49+,50?,51?,52?,53?,54?/m1/s1. The van der Waals surface area contributed by atoms with Crippen molar-refractivity contribution >= 4 is 94.6 Å². The van der Waals surface area contributed by atoms with Gasteiger partial charge in [0.1, 0.15) is 72.6 Å². The fraction of sp³-hybridized carbons (Fsp3) is 0.768. The first-order valence-electron chi connectivity index (χ1n) is 36.4. The molecule has 109 heavy (non-hydrogen) atoms. The maximum absolute atomic E-state index is 15.2. The van der Waals surface area contributed by atoms with Crippen LogP contribution in [0.1, 0.15) is 155 Å². The second-order valence-electron chi connectivity index (χ2n) is 29.8. The molecular formula is C69H123N17O23. The lowest BCUT2D eigenvalue weighted by Gasteiger charge is -2.37. The molecule has 22 atom stereocenters. The molecule has 40 nitrogen and oxygen atoms in total. The van der Waals surface area contributed by atoms with Crippen LogP contribution >= 0.6 is 0 Å². The van der Waals surface area contributed by atoms with E-state index in [1.165, 1.54) is 20.8 Å². The number of carbonyl (C=O) groups excluding carboxylic acids is 16. The number of amides is 15. The van der Waals surface area contributed by atoms with E-state index in [0.717, 1.165) is 60.2 Å². The van der Waals surface area contributed by atoms with E-state index in [0.29, 0.717) is 11.3 Å². The van der Waals surface area contributed by atoms with Crippen LogP contribution in [0, 0.1) is 41.4 Å². The van der Waals surface area contributed by atoms with E-state index in [9.17, 15) is 92.7 Å². The highest BCUT2D eigenvalue weighted by atomic mass is 16.5. The van der Waals surface area contributed by atoms with Crippen molar-refractivity contribution in [2.75, 3.05) is 34.3 Å². The number of nitrogens with two attached hydrogens (primary N) is 6. The van der Waals surface area contributed by atoms with Crippen molar-refractivity contribution in [3.05, 3.63) is 0 Å². The molecule has 26 N–H and O–H groups in total. The summed E-state index contributed by atoms with van der Waals surface area (Å²) in [4.78, 5) is 228. The Labute approximate surface area is 635 Å². The molecule has 0 saturated carbocycles. The predicted octanol–water partition coefficient (Wildman–Crippen LogP) is -7.92. The number of hydrogen-bond acceptors (Lipinski definition) is 25. The molecule has 0 radical (unpaired) electrons. The van der Waals surface area contributed by atoms with Crippen LogP contribution in [0.15, 0.2) is 0 Å². The number of rotatable bonds is 36. The van der Waals surface area contributed by atoms with Gasteiger partial charge in [0, 0.05) is 40.1 Å². The number of ether oxygens (including phenoxy) is 2. The molecule has 1 rings (SSSR count). The maximum Gasteiger partial charge on any atom is 0.329 e. The topological polar surface area (TPSA) is 664 Å². The van der Waals surface area contributed by atoms with Gasteiger partial charge in [-0.05, 0) is 102 Å². The zero-order chi connectivity index (χ0) is 84.3. The first-order valence-corrected chi connectivity index (χ1v) is 36.4. The Morgan fingerprint density at radius 2 is 1.14 bits per heavy atom. The van der Waals surface area contributed by atoms with Gasteiger partial charge in [-0.1, -0.05) is 75.7 Å². The third kappa shape index (κ3) is 30.2. The Morgan fingerprint density at radius 1 is 0.606 bits per heavy atom. The SMILES string of the molecule is CCC(C)CC(C)C(O)C(C)C(=O)N[C@H](CN)C(=O)NC(C(O)C(O)C(=O)N[C@H](C(=O)N[C@H]1C(=O)N[C@H]([C@@H](C)O)C(=O)N[C@H](CCCN)C(=O)N[C@@H](CC(C)C)C(=O)N(C)[C@@H](CCC(N)=O)C(=O)N[C@@H](C(OC)C(N)=O)C(=O)N[C@H](CC(N)=O)C(=O)N(C)[C@@H](CC(C)C)C(=O)O[C@@H]1C)C(C)C(C)C(N)=O)C(C)(C)O. The maximum atomic E-state index is 15.2. The van der Waals surface area contributed by atoms with Crippen molar-refractivity contribution in [1.29, 1.82) is 0 Å². The Hall–Kier alpha value is -8.80. The van der Waals surface area contributed by atoms with Crippen molar-refractivity contribution < 1.29 is 112 Å². The van der Waals surface area contributed by atoms with Gasteiger partial charge in [-0.15, -0.1) is 0 Å². The number of cyclic esters (lactones) is 1. The first-order chi connectivity index (χ1) is 50.4. The number of likely N-dealkylation sites (N-methyl/N-ethyl adjacent to an activating group) is 2. The quantitative estimate of drug-likeness (QED) is 0.0259. The lowest BCUT2D eigenvalue weighted by molar-refractivity contribution is -0.162. The van der Waals surface area contributed by atoms with Crippen LogP contribution in [0.3, 0.4) is 0 Å². The minimum Gasteiger partial charge on any atom is -0.458 e. The van der Waals surface area contributed by atoms with Gasteiger partial charge in [0.05, 0.1) is 36.2 Å². The number of aliphatic hydroxyl groups excluding tert-OH is 4. The summed E-state index contributed by atoms with van der Waals surface area (Å²) in [5, 5.41) is 78.1. The highest BCUT2D eigenvalue weighted by Crippen LogP contribution is 2.25. The lowest BCUT2D eigenvalue weighted by atomic mass is 9.85. The van der Waals surface area contributed by atoms with E-state index in [-0.39, 0.29) is 44.1 Å². The van der Waals surface area contributed by atoms with E-state index in [1.807, 2.05) is 13.8 Å². The van der Waals surface area contributed by atoms with Gasteiger partial charge in [-0.3, -0.25) is 71.9 Å². The van der Waals surface area contributed by atoms with Gasteiger partial charge in [0.2, 0.25) is 82.7 Å². The molecule has 0 aromatic rings. The van der Waals surface area contributed by atoms with Gasteiger partial charge >= 0.3 is 5.97 Å². The molecule has 0 aromatic carbocycles. The molecule has 10 unspecified atom stereocenters. The fourth-order valence-electron chi connectivity index (χ4n) is 12.1. The minimum atomic E-state index is -2.75. The number of methoxy groups -OCH3 is 1. The molecule has 1 aliphatic rings. The van der Waals surface area contributed by atoms with E-state index >= 15 is 9.59 Å². The summed E-state index contributed by atoms with van der Waals surface area (Å²) in [6.07, 6.45) is -14.3. The van der Waals surface area contributed by atoms with Gasteiger partial charge in [-0.25, -0.2) is 4.79 Å². The number of nitrogens with zero attached hydrogens (tertiary/aromatic N) is 2. The van der Waals surface area contributed by atoms with Gasteiger partial charge in [0.25, 0.3) is 5.91 Å². The van der Waals surface area contributed by atoms with Crippen LogP contribution in [-0.2, 0) is 86.2 Å². The molecule has 15 amide bonds. The number of carbonyl (C=O) groups is 16. The normalized spacial score (nSPS) is 24.4. The van der Waals surface area contributed by atoms with Crippen molar-refractivity contribution in [2.45, 2.75) is 263 Å². The van der Waals surface area contributed by atoms with Crippen molar-refractivity contribution in [3.8, 4) is 0 Å². The Bertz CT molecular complexity index is 3160. The van der Waals surface area contributed by atoms with Crippen LogP contribution in [0.5, 0.6) is 0 Å². The summed E-state index contributed by atoms with van der Waals surface area (Å²) in [5.41, 5.74) is 32.0. The summed E-state index contributed by atoms with van der Waals surface area (Å²) in [7, 11) is 2.99. The highest BCUT2D eigenvalue weighted by molar-refractivity contribution is 6.01. The van der Waals surface area contributed by atoms with E-state index in [1.54, 1.807) is 34.6 Å². The molecule has 0 bridgehead atoms. The van der Waals surface area contributed by atoms with Crippen LogP contribution in [0.4, 0.5) is 0 Å². The molecule has 1 heterocycles. The summed E-state index contributed by atoms with van der Waals surface area (Å²) < 4.78 is 11.1. The molecule has 40 heteroatoms. The summed E-state index contributed by atoms with van der Waals surface area (Å²) >= 11 is 0. The van der Waals surface area contributed by atoms with Gasteiger partial charge in [0.15, 0.2) is 12.2 Å². The molecule has 0 spiro atoms. The Kier molecular flexibility index (Phi) is 40.9. The largest absolute Gasteiger partial charge is 0.458 e. The number of nitrogens with one attached hydrogen (secondary N) is 9. The van der Waals surface area contributed by atoms with Crippen LogP contribution < -0.4 is 82.3 Å². The Balaban J connectivity index is 4.50. The van der Waals surface area contributed by atoms with Gasteiger partial charge in [-0.2, -0.15) is 0 Å². The second-order valence-corrected chi connectivity index (χ2v) is 29.8. The lowest BCUT2D eigenvalue weighted by Crippen LogP contribution is -2.66. The molecule has 1 aliphatic heterocycles. The monoisotopic (exact) mass is 1560 g/mol. The number of hydrogen-bond donors (Lipinski definition) is 20. The van der Waals surface area contributed by atoms with E-state index < -0.39 is 259 Å². The molecule has 622 valence electrons. The predicted molar refractivity (Wildman–Crippen MR) is 390 cm³/mol. The molecule has 1 saturated heterocycles. The number of primary amides is 4. The van der Waals surface area contributed by atoms with Crippen LogP contribution in [0.2, 0.25) is 0 Å². The molecule has 0 aromatic heterocycles. The van der Waals surface area contributed by atoms with Crippen molar-refractivity contribution in [1.82, 2.24) is 57.7 Å². The molecule has 0 aliphatic carbocycles. The fourth-order valence-corrected chi connectivity index (χ4v) is 12.1. The van der Waals surface area contributed by atoms with Crippen molar-refractivity contribution in [3.63, 3.8) is 0 Å². The first kappa shape index (κ1) is 98.2. The van der Waals surface area contributed by atoms with Crippen LogP contribution in [-0.4, -0.2) is 273 Å². The third-order valence-corrected chi connectivity index (χ3v) is 19.3. The van der Waals surface area contributed by atoms with Crippen LogP contribution in [0.25, 0.3) is 0 Å². The summed E-state index contributed by atoms with van der Waals surface area (Å²) in [6.45, 7) is 19.4. The summed E-state index contributed by atoms with van der Waals surface area (Å²) in [6, 6.07) is -21.6. The minimum absolute atomic E-state index is 0.0123. The second kappa shape index (κ2) is 45.4. The average Bonchev–Trinajstić information content (AvgIpc) is 1.04. The zero-order valence-corrected chi connectivity index (χ0v) is 65.6. The van der Waals surface area contributed by atoms with Crippen molar-refractivity contribution in [2.24, 2.45) is 75.8 Å². The Morgan fingerprint density at radius 3 is 1.62 bits per heavy atom. The van der Waals surface area contributed by atoms with E-state index in [2.05, 4.69) is 47.9 Å².